The minimum atomic E-state index is -0.562. The van der Waals surface area contributed by atoms with E-state index < -0.39 is 7.26 Å². The number of thiocyanates is 1. The fraction of sp³-hybridized carbons (Fsp3) is 0.941. The topological polar surface area (TPSA) is 23.8 Å². The van der Waals surface area contributed by atoms with Gasteiger partial charge >= 0.3 is 0 Å². The van der Waals surface area contributed by atoms with Gasteiger partial charge in [0, 0.05) is 7.26 Å². The van der Waals surface area contributed by atoms with Crippen LogP contribution < -0.4 is 0 Å². The molecule has 0 saturated heterocycles. The number of rotatable bonds is 12. The van der Waals surface area contributed by atoms with E-state index in [1.165, 1.54) is 56.8 Å². The van der Waals surface area contributed by atoms with Crippen molar-refractivity contribution in [3.63, 3.8) is 0 Å². The van der Waals surface area contributed by atoms with Crippen molar-refractivity contribution in [1.82, 2.24) is 0 Å². The van der Waals surface area contributed by atoms with E-state index in [9.17, 15) is 0 Å². The number of unbranched alkanes of at least 4 members (excludes halogenated alkanes) is 4. The Morgan fingerprint density at radius 1 is 0.700 bits per heavy atom. The van der Waals surface area contributed by atoms with Crippen molar-refractivity contribution in [1.29, 1.82) is 5.26 Å². The quantitative estimate of drug-likeness (QED) is 0.242. The first-order valence-corrected chi connectivity index (χ1v) is 11.5. The van der Waals surface area contributed by atoms with Crippen molar-refractivity contribution in [3.05, 3.63) is 0 Å². The molecule has 0 rings (SSSR count). The van der Waals surface area contributed by atoms with Crippen LogP contribution in [0.5, 0.6) is 0 Å². The van der Waals surface area contributed by atoms with Crippen LogP contribution in [0.25, 0.3) is 0 Å². The molecule has 0 saturated carbocycles. The normalized spacial score (nSPS) is 10.6. The molecular weight excluding hydrogens is 281 g/mol. The molecule has 0 aromatic carbocycles. The summed E-state index contributed by atoms with van der Waals surface area (Å²) in [6.07, 6.45) is 17.9. The molecule has 0 amide bonds. The molecule has 1 nitrogen and oxygen atoms in total. The first-order chi connectivity index (χ1) is 9.66. The monoisotopic (exact) mass is 317 g/mol. The molecule has 0 radical (unpaired) electrons. The zero-order valence-electron chi connectivity index (χ0n) is 14.3. The largest absolute Gasteiger partial charge is 0.696 e. The minimum Gasteiger partial charge on any atom is -0.696 e. The average Bonchev–Trinajstić information content (AvgIpc) is 2.46. The van der Waals surface area contributed by atoms with Crippen LogP contribution in [0, 0.1) is 10.7 Å². The standard InChI is InChI=1S/C16H36P.CHNS/c1-5-9-13-17(14-10-6-2,15-11-7-3)16-12-8-4;2-1-3/h5-16H2,1-4H3;3H/q+1;/p-1. The predicted octanol–water partition coefficient (Wildman–Crippen LogP) is 6.22. The third-order valence-electron chi connectivity index (χ3n) is 3.94. The third-order valence-corrected chi connectivity index (χ3v) is 9.00. The van der Waals surface area contributed by atoms with Crippen LogP contribution in [0.3, 0.4) is 0 Å². The van der Waals surface area contributed by atoms with Gasteiger partial charge in [0.05, 0.1) is 24.6 Å². The van der Waals surface area contributed by atoms with Crippen molar-refractivity contribution in [3.8, 4) is 5.40 Å². The second kappa shape index (κ2) is 17.2. The average molecular weight is 318 g/mol. The Morgan fingerprint density at radius 2 is 0.900 bits per heavy atom. The van der Waals surface area contributed by atoms with Crippen molar-refractivity contribution in [2.75, 3.05) is 24.6 Å². The summed E-state index contributed by atoms with van der Waals surface area (Å²) in [5.41, 5.74) is 0. The molecule has 0 aromatic heterocycles. The van der Waals surface area contributed by atoms with Gasteiger partial charge in [-0.25, -0.2) is 5.26 Å². The summed E-state index contributed by atoms with van der Waals surface area (Å²) in [5.74, 6) is 0. The maximum absolute atomic E-state index is 7.13. The van der Waals surface area contributed by atoms with E-state index >= 15 is 0 Å². The Kier molecular flexibility index (Phi) is 19.3. The minimum absolute atomic E-state index is 0.562. The van der Waals surface area contributed by atoms with Gasteiger partial charge in [-0.3, -0.25) is 0 Å². The van der Waals surface area contributed by atoms with E-state index in [4.69, 9.17) is 5.26 Å². The molecule has 0 aromatic rings. The second-order valence-electron chi connectivity index (χ2n) is 5.74. The van der Waals surface area contributed by atoms with Crippen molar-refractivity contribution in [2.45, 2.75) is 79.1 Å². The molecule has 20 heavy (non-hydrogen) atoms. The highest BCUT2D eigenvalue weighted by molar-refractivity contribution is 7.75. The van der Waals surface area contributed by atoms with E-state index in [0.29, 0.717) is 0 Å². The van der Waals surface area contributed by atoms with Crippen LogP contribution in [0.15, 0.2) is 0 Å². The summed E-state index contributed by atoms with van der Waals surface area (Å²) >= 11 is 3.70. The lowest BCUT2D eigenvalue weighted by Gasteiger charge is -2.28. The zero-order chi connectivity index (χ0) is 15.7. The van der Waals surface area contributed by atoms with Crippen LogP contribution >= 0.6 is 7.26 Å². The molecule has 0 aliphatic carbocycles. The fourth-order valence-electron chi connectivity index (χ4n) is 2.64. The summed E-state index contributed by atoms with van der Waals surface area (Å²) in [6.45, 7) is 9.42. The van der Waals surface area contributed by atoms with Gasteiger partial charge in [0.1, 0.15) is 0 Å². The number of nitrogens with zero attached hydrogens (tertiary/aromatic N) is 1. The highest BCUT2D eigenvalue weighted by Gasteiger charge is 2.34. The molecule has 120 valence electrons. The Bertz CT molecular complexity index is 188. The molecule has 0 N–H and O–H groups in total. The van der Waals surface area contributed by atoms with Gasteiger partial charge in [0.2, 0.25) is 0 Å². The smallest absolute Gasteiger partial charge is 0.0594 e. The second-order valence-corrected chi connectivity index (χ2v) is 10.4. The van der Waals surface area contributed by atoms with Crippen LogP contribution in [0.4, 0.5) is 0 Å². The number of nitriles is 1. The van der Waals surface area contributed by atoms with Crippen molar-refractivity contribution in [2.24, 2.45) is 0 Å². The Labute approximate surface area is 134 Å². The molecule has 0 spiro atoms. The predicted molar refractivity (Wildman–Crippen MR) is 99.0 cm³/mol. The first kappa shape index (κ1) is 22.4. The van der Waals surface area contributed by atoms with E-state index in [0.717, 1.165) is 0 Å². The lowest BCUT2D eigenvalue weighted by atomic mass is 10.4. The summed E-state index contributed by atoms with van der Waals surface area (Å²) in [4.78, 5) is 0. The molecule has 0 atom stereocenters. The van der Waals surface area contributed by atoms with E-state index in [-0.39, 0.29) is 0 Å². The van der Waals surface area contributed by atoms with Crippen LogP contribution in [0.1, 0.15) is 79.1 Å². The van der Waals surface area contributed by atoms with Crippen molar-refractivity contribution < 1.29 is 0 Å². The summed E-state index contributed by atoms with van der Waals surface area (Å²) < 4.78 is 0. The summed E-state index contributed by atoms with van der Waals surface area (Å²) in [6, 6.07) is 0. The molecule has 3 heteroatoms. The zero-order valence-corrected chi connectivity index (χ0v) is 16.0. The molecular formula is C17H36NPS. The molecule has 0 heterocycles. The van der Waals surface area contributed by atoms with E-state index in [1.807, 2.05) is 0 Å². The fourth-order valence-corrected chi connectivity index (χ4v) is 7.93. The number of hydrogen-bond acceptors (Lipinski definition) is 2. The highest BCUT2D eigenvalue weighted by Crippen LogP contribution is 2.61. The van der Waals surface area contributed by atoms with Crippen LogP contribution in [-0.2, 0) is 12.6 Å². The summed E-state index contributed by atoms with van der Waals surface area (Å²) in [5, 5.41) is 8.47. The Balaban J connectivity index is 0. The van der Waals surface area contributed by atoms with Crippen molar-refractivity contribution >= 4 is 19.9 Å². The molecule has 0 fully saturated rings. The third kappa shape index (κ3) is 13.1. The van der Waals surface area contributed by atoms with Gasteiger partial charge in [-0.1, -0.05) is 58.8 Å². The van der Waals surface area contributed by atoms with Crippen LogP contribution in [-0.4, -0.2) is 24.6 Å². The molecule has 0 bridgehead atoms. The van der Waals surface area contributed by atoms with E-state index in [1.54, 1.807) is 24.6 Å². The highest BCUT2D eigenvalue weighted by atomic mass is 32.1. The SMILES string of the molecule is CCCC[P+](CCCC)(CCCC)CCCC.N#C[S-]. The molecule has 0 unspecified atom stereocenters. The van der Waals surface area contributed by atoms with Gasteiger partial charge in [0.25, 0.3) is 0 Å². The van der Waals surface area contributed by atoms with Gasteiger partial charge in [-0.15, -0.1) is 0 Å². The van der Waals surface area contributed by atoms with E-state index in [2.05, 4.69) is 40.3 Å². The molecule has 0 aliphatic rings. The van der Waals surface area contributed by atoms with Gasteiger partial charge in [0.15, 0.2) is 0 Å². The molecule has 0 aliphatic heterocycles. The lowest BCUT2D eigenvalue weighted by molar-refractivity contribution is 0.814. The van der Waals surface area contributed by atoms with Gasteiger partial charge in [-0.05, 0) is 25.7 Å². The Hall–Kier alpha value is 0.140. The maximum Gasteiger partial charge on any atom is 0.0594 e. The van der Waals surface area contributed by atoms with Gasteiger partial charge < -0.3 is 12.6 Å². The number of hydrogen-bond donors (Lipinski definition) is 0. The lowest BCUT2D eigenvalue weighted by Crippen LogP contribution is -2.12. The van der Waals surface area contributed by atoms with Gasteiger partial charge in [-0.2, -0.15) is 0 Å². The Morgan fingerprint density at radius 3 is 1.05 bits per heavy atom. The maximum atomic E-state index is 7.13. The first-order valence-electron chi connectivity index (χ1n) is 8.52. The summed E-state index contributed by atoms with van der Waals surface area (Å²) in [7, 11) is -0.562. The van der Waals surface area contributed by atoms with Crippen LogP contribution in [0.2, 0.25) is 0 Å².